The van der Waals surface area contributed by atoms with E-state index in [9.17, 15) is 0 Å². The largest absolute Gasteiger partial charge is 0.497 e. The number of hydrogen-bond donors (Lipinski definition) is 1. The maximum Gasteiger partial charge on any atom is 0.193 e. The van der Waals surface area contributed by atoms with Gasteiger partial charge < -0.3 is 19.7 Å². The standard InChI is InChI=1S/C21H31N5O2.HI/c1-22-21(23-11-5-4-6-17-7-9-19(27-3)10-8-17)26-12-13-28-20(16-26)18-14-24-25(2)15-18;/h7-10,14-15,20H,4-6,11-13,16H2,1-3H3,(H,22,23);1H. The van der Waals surface area contributed by atoms with E-state index < -0.39 is 0 Å². The minimum Gasteiger partial charge on any atom is -0.497 e. The van der Waals surface area contributed by atoms with Crippen molar-refractivity contribution in [3.8, 4) is 5.75 Å². The Morgan fingerprint density at radius 2 is 2.10 bits per heavy atom. The number of halogens is 1. The second kappa shape index (κ2) is 12.0. The fourth-order valence-electron chi connectivity index (χ4n) is 3.43. The molecule has 0 saturated carbocycles. The van der Waals surface area contributed by atoms with Crippen LogP contribution in [0.5, 0.6) is 5.75 Å². The summed E-state index contributed by atoms with van der Waals surface area (Å²) < 4.78 is 12.9. The number of aromatic nitrogens is 2. The summed E-state index contributed by atoms with van der Waals surface area (Å²) in [5.74, 6) is 1.85. The molecule has 7 nitrogen and oxygen atoms in total. The molecule has 3 rings (SSSR count). The van der Waals surface area contributed by atoms with E-state index in [-0.39, 0.29) is 30.1 Å². The Labute approximate surface area is 190 Å². The summed E-state index contributed by atoms with van der Waals surface area (Å²) in [5, 5.41) is 7.75. The number of rotatable bonds is 7. The van der Waals surface area contributed by atoms with Crippen molar-refractivity contribution in [1.82, 2.24) is 20.0 Å². The fraction of sp³-hybridized carbons (Fsp3) is 0.524. The smallest absolute Gasteiger partial charge is 0.193 e. The highest BCUT2D eigenvalue weighted by atomic mass is 127. The fourth-order valence-corrected chi connectivity index (χ4v) is 3.43. The van der Waals surface area contributed by atoms with Crippen molar-refractivity contribution < 1.29 is 9.47 Å². The highest BCUT2D eigenvalue weighted by Crippen LogP contribution is 2.21. The molecule has 1 aromatic heterocycles. The summed E-state index contributed by atoms with van der Waals surface area (Å²) in [4.78, 5) is 6.73. The first-order chi connectivity index (χ1) is 13.7. The Balaban J connectivity index is 0.00000300. The first-order valence-corrected chi connectivity index (χ1v) is 9.88. The van der Waals surface area contributed by atoms with Crippen molar-refractivity contribution in [2.24, 2.45) is 12.0 Å². The highest BCUT2D eigenvalue weighted by Gasteiger charge is 2.24. The van der Waals surface area contributed by atoms with Gasteiger partial charge in [-0.3, -0.25) is 9.67 Å². The number of nitrogens with zero attached hydrogens (tertiary/aromatic N) is 4. The average molecular weight is 513 g/mol. The van der Waals surface area contributed by atoms with Crippen molar-refractivity contribution in [2.45, 2.75) is 25.4 Å². The molecule has 0 spiro atoms. The Hall–Kier alpha value is -1.81. The van der Waals surface area contributed by atoms with Crippen LogP contribution in [0.4, 0.5) is 0 Å². The van der Waals surface area contributed by atoms with E-state index >= 15 is 0 Å². The van der Waals surface area contributed by atoms with E-state index in [1.165, 1.54) is 5.56 Å². The number of nitrogens with one attached hydrogen (secondary N) is 1. The summed E-state index contributed by atoms with van der Waals surface area (Å²) in [5.41, 5.74) is 2.46. The number of hydrogen-bond acceptors (Lipinski definition) is 4. The molecule has 160 valence electrons. The average Bonchev–Trinajstić information content (AvgIpc) is 3.17. The molecule has 29 heavy (non-hydrogen) atoms. The summed E-state index contributed by atoms with van der Waals surface area (Å²) in [6.07, 6.45) is 7.24. The van der Waals surface area contributed by atoms with Crippen LogP contribution < -0.4 is 10.1 Å². The molecular weight excluding hydrogens is 481 g/mol. The molecule has 0 radical (unpaired) electrons. The van der Waals surface area contributed by atoms with Crippen LogP contribution >= 0.6 is 24.0 Å². The van der Waals surface area contributed by atoms with Gasteiger partial charge in [-0.05, 0) is 37.0 Å². The number of methoxy groups -OCH3 is 1. The van der Waals surface area contributed by atoms with Gasteiger partial charge >= 0.3 is 0 Å². The number of ether oxygens (including phenoxy) is 2. The van der Waals surface area contributed by atoms with Gasteiger partial charge in [0.05, 0.1) is 26.5 Å². The first kappa shape index (κ1) is 23.5. The molecule has 1 saturated heterocycles. The SMILES string of the molecule is CN=C(NCCCCc1ccc(OC)cc1)N1CCOC(c2cnn(C)c2)C1.I. The molecule has 1 aromatic carbocycles. The van der Waals surface area contributed by atoms with Gasteiger partial charge in [0.25, 0.3) is 0 Å². The van der Waals surface area contributed by atoms with E-state index in [0.29, 0.717) is 6.61 Å². The zero-order chi connectivity index (χ0) is 19.8. The van der Waals surface area contributed by atoms with Gasteiger partial charge in [-0.2, -0.15) is 5.10 Å². The van der Waals surface area contributed by atoms with Crippen LogP contribution in [0.3, 0.4) is 0 Å². The summed E-state index contributed by atoms with van der Waals surface area (Å²) in [6.45, 7) is 3.25. The van der Waals surface area contributed by atoms with E-state index in [2.05, 4.69) is 32.4 Å². The van der Waals surface area contributed by atoms with E-state index in [1.807, 2.05) is 43.3 Å². The topological polar surface area (TPSA) is 63.9 Å². The number of unbranched alkanes of at least 4 members (excludes halogenated alkanes) is 1. The van der Waals surface area contributed by atoms with Crippen LogP contribution in [0.2, 0.25) is 0 Å². The van der Waals surface area contributed by atoms with Crippen molar-refractivity contribution in [2.75, 3.05) is 40.4 Å². The molecule has 8 heteroatoms. The van der Waals surface area contributed by atoms with Gasteiger partial charge in [0, 0.05) is 38.9 Å². The second-order valence-corrected chi connectivity index (χ2v) is 7.03. The Morgan fingerprint density at radius 1 is 1.31 bits per heavy atom. The molecule has 2 heterocycles. The van der Waals surface area contributed by atoms with Crippen molar-refractivity contribution in [3.63, 3.8) is 0 Å². The number of aliphatic imine (C=N–C) groups is 1. The number of aryl methyl sites for hydroxylation is 2. The zero-order valence-electron chi connectivity index (χ0n) is 17.5. The number of morpholine rings is 1. The molecule has 1 N–H and O–H groups in total. The van der Waals surface area contributed by atoms with Crippen LogP contribution in [0, 0.1) is 0 Å². The van der Waals surface area contributed by atoms with Crippen molar-refractivity contribution >= 4 is 29.9 Å². The van der Waals surface area contributed by atoms with E-state index in [4.69, 9.17) is 9.47 Å². The number of guanidine groups is 1. The van der Waals surface area contributed by atoms with Gasteiger partial charge in [-0.15, -0.1) is 24.0 Å². The van der Waals surface area contributed by atoms with Gasteiger partial charge in [0.15, 0.2) is 5.96 Å². The minimum atomic E-state index is 0. The third kappa shape index (κ3) is 6.88. The van der Waals surface area contributed by atoms with Gasteiger partial charge in [0.2, 0.25) is 0 Å². The lowest BCUT2D eigenvalue weighted by molar-refractivity contribution is -0.00802. The predicted octanol–water partition coefficient (Wildman–Crippen LogP) is 3.02. The molecular formula is C21H32IN5O2. The molecule has 1 aliphatic rings. The third-order valence-electron chi connectivity index (χ3n) is 5.01. The van der Waals surface area contributed by atoms with Crippen LogP contribution in [0.15, 0.2) is 41.7 Å². The van der Waals surface area contributed by atoms with Crippen LogP contribution in [-0.2, 0) is 18.2 Å². The molecule has 1 fully saturated rings. The normalized spacial score (nSPS) is 17.0. The molecule has 0 bridgehead atoms. The van der Waals surface area contributed by atoms with Crippen molar-refractivity contribution in [1.29, 1.82) is 0 Å². The van der Waals surface area contributed by atoms with Crippen LogP contribution in [0.1, 0.15) is 30.1 Å². The lowest BCUT2D eigenvalue weighted by atomic mass is 10.1. The van der Waals surface area contributed by atoms with E-state index in [0.717, 1.165) is 56.2 Å². The van der Waals surface area contributed by atoms with Gasteiger partial charge in [0.1, 0.15) is 11.9 Å². The summed E-state index contributed by atoms with van der Waals surface area (Å²) >= 11 is 0. The molecule has 2 aromatic rings. The quantitative estimate of drug-likeness (QED) is 0.267. The Bertz CT molecular complexity index is 763. The molecule has 1 aliphatic heterocycles. The molecule has 1 unspecified atom stereocenters. The number of benzene rings is 1. The van der Waals surface area contributed by atoms with Crippen LogP contribution in [-0.4, -0.2) is 61.0 Å². The maximum absolute atomic E-state index is 5.92. The van der Waals surface area contributed by atoms with Gasteiger partial charge in [-0.25, -0.2) is 0 Å². The second-order valence-electron chi connectivity index (χ2n) is 7.03. The molecule has 0 aliphatic carbocycles. The van der Waals surface area contributed by atoms with Gasteiger partial charge in [-0.1, -0.05) is 12.1 Å². The monoisotopic (exact) mass is 513 g/mol. The molecule has 0 amide bonds. The Kier molecular flexibility index (Phi) is 9.72. The maximum atomic E-state index is 5.92. The first-order valence-electron chi connectivity index (χ1n) is 9.88. The lowest BCUT2D eigenvalue weighted by Crippen LogP contribution is -2.48. The third-order valence-corrected chi connectivity index (χ3v) is 5.01. The van der Waals surface area contributed by atoms with E-state index in [1.54, 1.807) is 7.11 Å². The summed E-state index contributed by atoms with van der Waals surface area (Å²) in [6, 6.07) is 8.31. The summed E-state index contributed by atoms with van der Waals surface area (Å²) in [7, 11) is 5.46. The predicted molar refractivity (Wildman–Crippen MR) is 126 cm³/mol. The highest BCUT2D eigenvalue weighted by molar-refractivity contribution is 14.0. The van der Waals surface area contributed by atoms with Crippen molar-refractivity contribution in [3.05, 3.63) is 47.8 Å². The minimum absolute atomic E-state index is 0. The lowest BCUT2D eigenvalue weighted by Gasteiger charge is -2.34. The Morgan fingerprint density at radius 3 is 2.76 bits per heavy atom. The zero-order valence-corrected chi connectivity index (χ0v) is 19.8. The molecule has 1 atom stereocenters. The van der Waals surface area contributed by atoms with Crippen LogP contribution in [0.25, 0.3) is 0 Å².